The lowest BCUT2D eigenvalue weighted by Gasteiger charge is -1.88. The van der Waals surface area contributed by atoms with Crippen molar-refractivity contribution >= 4 is 34.9 Å². The Hall–Kier alpha value is -0.490. The molecule has 0 aliphatic rings. The van der Waals surface area contributed by atoms with E-state index in [0.717, 1.165) is 19.4 Å². The summed E-state index contributed by atoms with van der Waals surface area (Å²) in [6.45, 7) is 0.107. The van der Waals surface area contributed by atoms with Crippen molar-refractivity contribution in [3.8, 4) is 10.6 Å². The lowest BCUT2D eigenvalue weighted by atomic mass is 10.4. The van der Waals surface area contributed by atoms with Crippen LogP contribution in [-0.4, -0.2) is 10.1 Å². The van der Waals surface area contributed by atoms with Crippen LogP contribution < -0.4 is 0 Å². The van der Waals surface area contributed by atoms with Crippen LogP contribution in [0.25, 0.3) is 10.6 Å². The van der Waals surface area contributed by atoms with Gasteiger partial charge in [0.25, 0.3) is 0 Å². The molecular formula is C8H7NOS3. The van der Waals surface area contributed by atoms with Gasteiger partial charge in [-0.05, 0) is 24.4 Å². The smallest absolute Gasteiger partial charge is 0.158 e. The molecule has 68 valence electrons. The Labute approximate surface area is 88.5 Å². The predicted molar refractivity (Wildman–Crippen MR) is 58.7 cm³/mol. The van der Waals surface area contributed by atoms with E-state index in [2.05, 4.69) is 4.98 Å². The third-order valence-corrected chi connectivity index (χ3v) is 3.77. The van der Waals surface area contributed by atoms with Gasteiger partial charge < -0.3 is 10.1 Å². The molecule has 2 heterocycles. The van der Waals surface area contributed by atoms with Crippen molar-refractivity contribution < 1.29 is 5.11 Å². The van der Waals surface area contributed by atoms with E-state index >= 15 is 0 Å². The average Bonchev–Trinajstić information content (AvgIpc) is 2.71. The van der Waals surface area contributed by atoms with E-state index in [1.54, 1.807) is 11.3 Å². The molecule has 0 unspecified atom stereocenters. The zero-order valence-corrected chi connectivity index (χ0v) is 9.06. The molecular weight excluding hydrogens is 222 g/mol. The maximum Gasteiger partial charge on any atom is 0.158 e. The summed E-state index contributed by atoms with van der Waals surface area (Å²) in [7, 11) is 0. The first-order valence-corrected chi connectivity index (χ1v) is 5.78. The summed E-state index contributed by atoms with van der Waals surface area (Å²) < 4.78 is 0.786. The third kappa shape index (κ3) is 1.88. The lowest BCUT2D eigenvalue weighted by molar-refractivity contribution is 0.285. The molecule has 13 heavy (non-hydrogen) atoms. The van der Waals surface area contributed by atoms with Gasteiger partial charge >= 0.3 is 0 Å². The van der Waals surface area contributed by atoms with Crippen molar-refractivity contribution in [2.75, 3.05) is 0 Å². The monoisotopic (exact) mass is 229 g/mol. The van der Waals surface area contributed by atoms with E-state index in [1.807, 2.05) is 17.5 Å². The minimum absolute atomic E-state index is 0.107. The minimum Gasteiger partial charge on any atom is -0.391 e. The molecule has 0 aliphatic heterocycles. The number of nitrogens with one attached hydrogen (secondary N) is 1. The number of thiophene rings is 1. The Bertz CT molecular complexity index is 454. The highest BCUT2D eigenvalue weighted by atomic mass is 32.1. The molecule has 0 aromatic carbocycles. The van der Waals surface area contributed by atoms with Gasteiger partial charge in [-0.3, -0.25) is 0 Å². The molecule has 0 saturated heterocycles. The molecule has 0 fully saturated rings. The van der Waals surface area contributed by atoms with Gasteiger partial charge in [-0.25, -0.2) is 0 Å². The second-order valence-corrected chi connectivity index (χ2v) is 5.20. The summed E-state index contributed by atoms with van der Waals surface area (Å²) in [5, 5.41) is 10.9. The van der Waals surface area contributed by atoms with Crippen molar-refractivity contribution in [3.63, 3.8) is 0 Å². The van der Waals surface area contributed by atoms with Crippen LogP contribution in [0.4, 0.5) is 0 Å². The summed E-state index contributed by atoms with van der Waals surface area (Å²) in [6, 6.07) is 3.91. The van der Waals surface area contributed by atoms with Crippen LogP contribution in [0.3, 0.4) is 0 Å². The molecule has 2 N–H and O–H groups in total. The summed E-state index contributed by atoms with van der Waals surface area (Å²) in [4.78, 5) is 5.19. The Morgan fingerprint density at radius 1 is 1.46 bits per heavy atom. The van der Waals surface area contributed by atoms with Gasteiger partial charge in [0.2, 0.25) is 0 Å². The van der Waals surface area contributed by atoms with Gasteiger partial charge in [-0.2, -0.15) is 0 Å². The summed E-state index contributed by atoms with van der Waals surface area (Å²) >= 11 is 8.08. The highest BCUT2D eigenvalue weighted by Crippen LogP contribution is 2.27. The molecule has 2 rings (SSSR count). The fraction of sp³-hybridized carbons (Fsp3) is 0.125. The number of hydrogen-bond donors (Lipinski definition) is 2. The van der Waals surface area contributed by atoms with Crippen molar-refractivity contribution in [2.24, 2.45) is 0 Å². The van der Waals surface area contributed by atoms with Crippen LogP contribution in [0.5, 0.6) is 0 Å². The lowest BCUT2D eigenvalue weighted by Crippen LogP contribution is -1.70. The molecule has 0 bridgehead atoms. The Balaban J connectivity index is 2.40. The number of rotatable bonds is 2. The number of aliphatic hydroxyl groups excluding tert-OH is 1. The molecule has 0 aliphatic carbocycles. The van der Waals surface area contributed by atoms with E-state index in [-0.39, 0.29) is 6.61 Å². The van der Waals surface area contributed by atoms with E-state index in [1.165, 1.54) is 11.3 Å². The normalized spacial score (nSPS) is 10.5. The van der Waals surface area contributed by atoms with Gasteiger partial charge in [0.05, 0.1) is 17.2 Å². The number of thiazole rings is 1. The third-order valence-electron chi connectivity index (χ3n) is 1.60. The summed E-state index contributed by atoms with van der Waals surface area (Å²) in [6.07, 6.45) is 0. The second-order valence-electron chi connectivity index (χ2n) is 2.49. The SMILES string of the molecule is OCc1ccc(-c2csc(=S)[nH]2)s1. The first-order chi connectivity index (χ1) is 6.29. The van der Waals surface area contributed by atoms with Gasteiger partial charge in [0.1, 0.15) is 0 Å². The molecule has 0 amide bonds. The first-order valence-electron chi connectivity index (χ1n) is 3.67. The maximum absolute atomic E-state index is 8.89. The topological polar surface area (TPSA) is 36.0 Å². The number of H-pyrrole nitrogens is 1. The maximum atomic E-state index is 8.89. The van der Waals surface area contributed by atoms with E-state index in [0.29, 0.717) is 0 Å². The first kappa shape index (κ1) is 9.08. The number of aliphatic hydroxyl groups is 1. The summed E-state index contributed by atoms with van der Waals surface area (Å²) in [5.74, 6) is 0. The zero-order valence-electron chi connectivity index (χ0n) is 6.61. The molecule has 0 saturated carbocycles. The molecule has 0 atom stereocenters. The Morgan fingerprint density at radius 2 is 2.31 bits per heavy atom. The minimum atomic E-state index is 0.107. The Kier molecular flexibility index (Phi) is 2.59. The molecule has 2 aromatic rings. The van der Waals surface area contributed by atoms with E-state index in [9.17, 15) is 0 Å². The van der Waals surface area contributed by atoms with Gasteiger partial charge in [-0.15, -0.1) is 22.7 Å². The molecule has 2 aromatic heterocycles. The van der Waals surface area contributed by atoms with Crippen molar-refractivity contribution in [1.29, 1.82) is 0 Å². The number of aromatic nitrogens is 1. The number of hydrogen-bond acceptors (Lipinski definition) is 4. The average molecular weight is 229 g/mol. The highest BCUT2D eigenvalue weighted by Gasteiger charge is 2.02. The molecule has 2 nitrogen and oxygen atoms in total. The standard InChI is InChI=1S/C8H7NOS3/c10-3-5-1-2-7(13-5)6-4-12-8(11)9-6/h1-2,4,10H,3H2,(H,9,11). The van der Waals surface area contributed by atoms with E-state index < -0.39 is 0 Å². The van der Waals surface area contributed by atoms with Crippen LogP contribution in [0.15, 0.2) is 17.5 Å². The largest absolute Gasteiger partial charge is 0.391 e. The van der Waals surface area contributed by atoms with Gasteiger partial charge in [0, 0.05) is 10.3 Å². The molecule has 5 heteroatoms. The van der Waals surface area contributed by atoms with E-state index in [4.69, 9.17) is 17.3 Å². The van der Waals surface area contributed by atoms with Gasteiger partial charge in [-0.1, -0.05) is 0 Å². The Morgan fingerprint density at radius 3 is 2.85 bits per heavy atom. The fourth-order valence-corrected chi connectivity index (χ4v) is 2.76. The van der Waals surface area contributed by atoms with Crippen molar-refractivity contribution in [3.05, 3.63) is 26.3 Å². The van der Waals surface area contributed by atoms with Crippen LogP contribution in [0, 0.1) is 3.95 Å². The zero-order chi connectivity index (χ0) is 9.26. The molecule has 0 radical (unpaired) electrons. The van der Waals surface area contributed by atoms with Crippen molar-refractivity contribution in [2.45, 2.75) is 6.61 Å². The highest BCUT2D eigenvalue weighted by molar-refractivity contribution is 7.73. The van der Waals surface area contributed by atoms with Crippen molar-refractivity contribution in [1.82, 2.24) is 4.98 Å². The fourth-order valence-electron chi connectivity index (χ4n) is 1.01. The quantitative estimate of drug-likeness (QED) is 0.777. The second kappa shape index (κ2) is 3.71. The molecule has 0 spiro atoms. The number of aromatic amines is 1. The van der Waals surface area contributed by atoms with Crippen LogP contribution in [0.2, 0.25) is 0 Å². The summed E-state index contributed by atoms with van der Waals surface area (Å²) in [5.41, 5.74) is 1.04. The van der Waals surface area contributed by atoms with Gasteiger partial charge in [0.15, 0.2) is 3.95 Å². The van der Waals surface area contributed by atoms with Crippen LogP contribution >= 0.6 is 34.9 Å². The predicted octanol–water partition coefficient (Wildman–Crippen LogP) is 3.03. The van der Waals surface area contributed by atoms with Crippen LogP contribution in [0.1, 0.15) is 4.88 Å². The van der Waals surface area contributed by atoms with Crippen LogP contribution in [-0.2, 0) is 6.61 Å².